The van der Waals surface area contributed by atoms with Gasteiger partial charge in [0.25, 0.3) is 0 Å². The molecule has 0 saturated heterocycles. The van der Waals surface area contributed by atoms with Crippen molar-refractivity contribution in [1.82, 2.24) is 0 Å². The Hall–Kier alpha value is 0.742. The van der Waals surface area contributed by atoms with Gasteiger partial charge in [-0.25, -0.2) is 0 Å². The summed E-state index contributed by atoms with van der Waals surface area (Å²) in [5.41, 5.74) is 0. The van der Waals surface area contributed by atoms with E-state index in [1.165, 1.54) is 0 Å². The topological polar surface area (TPSA) is 52.0 Å². The number of nitrogens with two attached hydrogens (primary N) is 2. The Morgan fingerprint density at radius 3 is 1.25 bits per heavy atom. The summed E-state index contributed by atoms with van der Waals surface area (Å²) in [6.45, 7) is 0. The van der Waals surface area contributed by atoms with Gasteiger partial charge >= 0.3 is 25.1 Å². The molecular weight excluding hydrogens is 90.4 g/mol. The van der Waals surface area contributed by atoms with Gasteiger partial charge in [-0.1, -0.05) is 0 Å². The Balaban J connectivity index is 0. The second kappa shape index (κ2) is 9.27. The van der Waals surface area contributed by atoms with Gasteiger partial charge in [0, 0.05) is 0 Å². The van der Waals surface area contributed by atoms with Crippen LogP contribution in [0, 0.1) is 0 Å². The predicted octanol–water partition coefficient (Wildman–Crippen LogP) is -4.56. The van der Waals surface area contributed by atoms with E-state index in [1.807, 2.05) is 0 Å². The summed E-state index contributed by atoms with van der Waals surface area (Å²) in [7, 11) is 0. The van der Waals surface area contributed by atoms with Crippen LogP contribution in [0.1, 0.15) is 0 Å². The van der Waals surface area contributed by atoms with E-state index in [1.54, 1.807) is 0 Å². The van der Waals surface area contributed by atoms with Crippen molar-refractivity contribution in [2.75, 3.05) is 0 Å². The zero-order valence-corrected chi connectivity index (χ0v) is 4.02. The standard InChI is InChI=1S/Al.ClH.2H2N/h;1H;2*1H2/q+3;;2*-1/p-1. The molecule has 0 radical (unpaired) electrons. The predicted molar refractivity (Wildman–Crippen MR) is 14.1 cm³/mol. The van der Waals surface area contributed by atoms with Crippen molar-refractivity contribution in [3.05, 3.63) is 0 Å². The fraction of sp³-hybridized carbons (Fsp3) is 0. The first-order valence-corrected chi connectivity index (χ1v) is 2.00. The second-order valence-electron chi connectivity index (χ2n) is 0.192. The van der Waals surface area contributed by atoms with Gasteiger partial charge in [0.15, 0.2) is 0 Å². The van der Waals surface area contributed by atoms with E-state index in [4.69, 9.17) is 9.43 Å². The molecule has 0 aromatic rings. The van der Waals surface area contributed by atoms with Crippen LogP contribution in [0.15, 0.2) is 0 Å². The molecule has 4 heavy (non-hydrogen) atoms. The Labute approximate surface area is 38.1 Å². The third-order valence-electron chi connectivity index (χ3n) is 0. The van der Waals surface area contributed by atoms with Gasteiger partial charge in [-0.05, 0) is 0 Å². The van der Waals surface area contributed by atoms with Gasteiger partial charge in [-0.2, -0.15) is 0 Å². The molecule has 4 heteroatoms. The molecule has 0 bridgehead atoms. The monoisotopic (exact) mass is 94.0 g/mol. The van der Waals surface area contributed by atoms with Crippen LogP contribution in [-0.4, -0.2) is 15.7 Å². The Bertz CT molecular complexity index is 6.00. The zero-order valence-electron chi connectivity index (χ0n) is 2.11. The summed E-state index contributed by atoms with van der Waals surface area (Å²) in [4.78, 5) is 0. The maximum absolute atomic E-state index is 4.71. The number of hydrogen-bond acceptors (Lipinski definition) is 2. The molecule has 0 rings (SSSR count). The Morgan fingerprint density at radius 2 is 1.25 bits per heavy atom. The molecule has 0 aliphatic carbocycles. The first-order valence-electron chi connectivity index (χ1n) is 0.667. The van der Waals surface area contributed by atoms with Crippen LogP contribution < -0.4 is 21.8 Å². The average Bonchev–Trinajstić information content (AvgIpc) is 0.918. The fourth-order valence-corrected chi connectivity index (χ4v) is 0. The molecule has 0 aliphatic heterocycles. The quantitative estimate of drug-likeness (QED) is 0.297. The van der Waals surface area contributed by atoms with Crippen LogP contribution in [0.2, 0.25) is 0 Å². The minimum absolute atomic E-state index is 0. The van der Waals surface area contributed by atoms with Crippen LogP contribution in [-0.2, 0) is 0 Å². The van der Waals surface area contributed by atoms with Crippen molar-refractivity contribution in [2.45, 2.75) is 0 Å². The Kier molecular flexibility index (Phi) is 20.5. The second-order valence-corrected chi connectivity index (χ2v) is 0.577. The summed E-state index contributed by atoms with van der Waals surface area (Å²) < 4.78 is 9.42. The molecule has 24 valence electrons. The molecule has 0 amide bonds. The molecule has 0 aliphatic rings. The van der Waals surface area contributed by atoms with Crippen molar-refractivity contribution in [3.63, 3.8) is 0 Å². The third-order valence-corrected chi connectivity index (χ3v) is 0. The normalized spacial score (nSPS) is 2.50. The van der Waals surface area contributed by atoms with Gasteiger partial charge in [0.1, 0.15) is 0 Å². The van der Waals surface area contributed by atoms with Crippen LogP contribution in [0.4, 0.5) is 0 Å². The number of rotatable bonds is 0. The van der Waals surface area contributed by atoms with E-state index < -0.39 is 0 Å². The molecule has 0 heterocycles. The first-order chi connectivity index (χ1) is 1.41. The van der Waals surface area contributed by atoms with Gasteiger partial charge in [-0.15, -0.1) is 0 Å². The van der Waals surface area contributed by atoms with Gasteiger partial charge in [0.05, 0.1) is 0 Å². The summed E-state index contributed by atoms with van der Waals surface area (Å²) in [5, 5.41) is 0. The summed E-state index contributed by atoms with van der Waals surface area (Å²) in [5.74, 6) is 0. The number of halogens is 1. The van der Waals surface area contributed by atoms with Crippen molar-refractivity contribution in [3.8, 4) is 0 Å². The van der Waals surface area contributed by atoms with E-state index in [9.17, 15) is 0 Å². The van der Waals surface area contributed by atoms with Crippen LogP contribution >= 0.6 is 0 Å². The Morgan fingerprint density at radius 1 is 1.25 bits per heavy atom. The number of hydrogen-bond donors (Lipinski definition) is 2. The fourth-order valence-electron chi connectivity index (χ4n) is 0. The minimum atomic E-state index is -0.250. The molecule has 0 spiro atoms. The van der Waals surface area contributed by atoms with Crippen molar-refractivity contribution < 1.29 is 12.4 Å². The summed E-state index contributed by atoms with van der Waals surface area (Å²) >= 11 is -0.250. The van der Waals surface area contributed by atoms with Gasteiger partial charge < -0.3 is 12.4 Å². The zero-order chi connectivity index (χ0) is 2.71. The van der Waals surface area contributed by atoms with Crippen molar-refractivity contribution in [1.29, 1.82) is 0 Å². The first kappa shape index (κ1) is 8.83. The SMILES string of the molecule is [Cl-].[NH2][Al+][NH2]. The maximum atomic E-state index is 4.71. The van der Waals surface area contributed by atoms with E-state index in [0.717, 1.165) is 0 Å². The molecule has 0 aromatic carbocycles. The molecular formula is H4AlClN2. The molecule has 2 nitrogen and oxygen atoms in total. The van der Waals surface area contributed by atoms with Gasteiger partial charge in [-0.3, -0.25) is 0 Å². The van der Waals surface area contributed by atoms with Gasteiger partial charge in [0.2, 0.25) is 0 Å². The molecule has 0 unspecified atom stereocenters. The molecule has 0 atom stereocenters. The van der Waals surface area contributed by atoms with E-state index in [0.29, 0.717) is 0 Å². The van der Waals surface area contributed by atoms with E-state index >= 15 is 0 Å². The van der Waals surface area contributed by atoms with Crippen LogP contribution in [0.25, 0.3) is 0 Å². The van der Waals surface area contributed by atoms with Crippen molar-refractivity contribution in [2.24, 2.45) is 9.43 Å². The van der Waals surface area contributed by atoms with E-state index in [-0.39, 0.29) is 28.1 Å². The van der Waals surface area contributed by atoms with E-state index in [2.05, 4.69) is 0 Å². The summed E-state index contributed by atoms with van der Waals surface area (Å²) in [6.07, 6.45) is 0. The van der Waals surface area contributed by atoms with Crippen LogP contribution in [0.3, 0.4) is 0 Å². The molecule has 0 aromatic heterocycles. The molecule has 4 N–H and O–H groups in total. The summed E-state index contributed by atoms with van der Waals surface area (Å²) in [6, 6.07) is 0. The van der Waals surface area contributed by atoms with Crippen molar-refractivity contribution >= 4 is 15.7 Å². The van der Waals surface area contributed by atoms with Crippen LogP contribution in [0.5, 0.6) is 0 Å². The average molecular weight is 94.5 g/mol. The molecule has 0 saturated carbocycles. The third kappa shape index (κ3) is 15.1. The molecule has 0 fully saturated rings.